The molecule has 1 aliphatic heterocycles. The molecule has 1 N–H and O–H groups in total. The molecule has 4 rings (SSSR count). The lowest BCUT2D eigenvalue weighted by molar-refractivity contribution is -0.132. The van der Waals surface area contributed by atoms with E-state index in [2.05, 4.69) is 10.3 Å². The average Bonchev–Trinajstić information content (AvgIpc) is 3.50. The van der Waals surface area contributed by atoms with Crippen molar-refractivity contribution in [1.29, 1.82) is 0 Å². The lowest BCUT2D eigenvalue weighted by atomic mass is 10.2. The quantitative estimate of drug-likeness (QED) is 0.685. The second-order valence-corrected chi connectivity index (χ2v) is 7.26. The van der Waals surface area contributed by atoms with Crippen LogP contribution in [-0.4, -0.2) is 58.7 Å². The van der Waals surface area contributed by atoms with Gasteiger partial charge in [0.2, 0.25) is 5.91 Å². The van der Waals surface area contributed by atoms with Crippen LogP contribution in [0.4, 0.5) is 5.13 Å². The molecule has 0 radical (unpaired) electrons. The zero-order valence-electron chi connectivity index (χ0n) is 15.4. The number of thiazole rings is 1. The van der Waals surface area contributed by atoms with Gasteiger partial charge in [-0.15, -0.1) is 11.3 Å². The summed E-state index contributed by atoms with van der Waals surface area (Å²) >= 11 is 1.25. The lowest BCUT2D eigenvalue weighted by Gasteiger charge is -2.34. The van der Waals surface area contributed by atoms with E-state index in [1.807, 2.05) is 0 Å². The zero-order chi connectivity index (χ0) is 20.2. The maximum atomic E-state index is 12.6. The molecule has 150 valence electrons. The molecule has 1 saturated heterocycles. The molecule has 1 aliphatic rings. The van der Waals surface area contributed by atoms with Crippen LogP contribution in [0.25, 0.3) is 0 Å². The molecule has 0 aliphatic carbocycles. The first-order chi connectivity index (χ1) is 14.1. The Balaban J connectivity index is 1.27. The molecule has 9 nitrogen and oxygen atoms in total. The summed E-state index contributed by atoms with van der Waals surface area (Å²) in [5.41, 5.74) is 0.587. The topological polar surface area (TPSA) is 109 Å². The van der Waals surface area contributed by atoms with Crippen LogP contribution in [-0.2, 0) is 11.2 Å². The fourth-order valence-electron chi connectivity index (χ4n) is 2.99. The monoisotopic (exact) mass is 414 g/mol. The first-order valence-corrected chi connectivity index (χ1v) is 9.88. The number of rotatable bonds is 5. The van der Waals surface area contributed by atoms with Gasteiger partial charge in [0.25, 0.3) is 11.8 Å². The van der Waals surface area contributed by atoms with Gasteiger partial charge in [-0.3, -0.25) is 19.7 Å². The van der Waals surface area contributed by atoms with Crippen LogP contribution in [0.3, 0.4) is 0 Å². The Morgan fingerprint density at radius 2 is 1.66 bits per heavy atom. The molecular weight excluding hydrogens is 396 g/mol. The second-order valence-electron chi connectivity index (χ2n) is 6.40. The van der Waals surface area contributed by atoms with Crippen molar-refractivity contribution >= 4 is 34.2 Å². The molecule has 3 aromatic rings. The van der Waals surface area contributed by atoms with Gasteiger partial charge in [0.15, 0.2) is 16.7 Å². The van der Waals surface area contributed by atoms with Gasteiger partial charge in [-0.1, -0.05) is 0 Å². The summed E-state index contributed by atoms with van der Waals surface area (Å²) in [4.78, 5) is 44.5. The van der Waals surface area contributed by atoms with E-state index >= 15 is 0 Å². The van der Waals surface area contributed by atoms with Gasteiger partial charge in [0.1, 0.15) is 0 Å². The van der Waals surface area contributed by atoms with E-state index < -0.39 is 0 Å². The summed E-state index contributed by atoms with van der Waals surface area (Å²) in [5.74, 6) is -0.126. The van der Waals surface area contributed by atoms with E-state index in [-0.39, 0.29) is 29.9 Å². The van der Waals surface area contributed by atoms with E-state index in [1.165, 1.54) is 23.9 Å². The van der Waals surface area contributed by atoms with Crippen LogP contribution in [0.2, 0.25) is 0 Å². The van der Waals surface area contributed by atoms with Crippen LogP contribution >= 0.6 is 11.3 Å². The van der Waals surface area contributed by atoms with E-state index in [0.717, 1.165) is 0 Å². The SMILES string of the molecule is O=C(Nc1nc(CC(=O)N2CCN(C(=O)c3ccco3)CC2)cs1)c1ccco1. The summed E-state index contributed by atoms with van der Waals surface area (Å²) in [7, 11) is 0. The largest absolute Gasteiger partial charge is 0.459 e. The Morgan fingerprint density at radius 1 is 1.00 bits per heavy atom. The first-order valence-electron chi connectivity index (χ1n) is 9.00. The van der Waals surface area contributed by atoms with Crippen LogP contribution in [0.1, 0.15) is 26.8 Å². The molecule has 3 aromatic heterocycles. The second kappa shape index (κ2) is 8.31. The predicted octanol–water partition coefficient (Wildman–Crippen LogP) is 2.11. The Morgan fingerprint density at radius 3 is 2.31 bits per heavy atom. The number of amides is 3. The first kappa shape index (κ1) is 18.9. The van der Waals surface area contributed by atoms with Gasteiger partial charge < -0.3 is 18.6 Å². The van der Waals surface area contributed by atoms with Gasteiger partial charge in [-0.05, 0) is 24.3 Å². The van der Waals surface area contributed by atoms with E-state index in [0.29, 0.717) is 42.8 Å². The van der Waals surface area contributed by atoms with Crippen molar-refractivity contribution in [2.24, 2.45) is 0 Å². The predicted molar refractivity (Wildman–Crippen MR) is 104 cm³/mol. The Labute approximate surface area is 169 Å². The summed E-state index contributed by atoms with van der Waals surface area (Å²) < 4.78 is 10.2. The number of carbonyl (C=O) groups is 3. The van der Waals surface area contributed by atoms with Crippen molar-refractivity contribution in [1.82, 2.24) is 14.8 Å². The van der Waals surface area contributed by atoms with Gasteiger partial charge in [0, 0.05) is 31.6 Å². The van der Waals surface area contributed by atoms with E-state index in [9.17, 15) is 14.4 Å². The molecule has 0 atom stereocenters. The average molecular weight is 414 g/mol. The number of hydrogen-bond acceptors (Lipinski definition) is 7. The van der Waals surface area contributed by atoms with Crippen molar-refractivity contribution in [3.63, 3.8) is 0 Å². The van der Waals surface area contributed by atoms with Crippen molar-refractivity contribution in [3.05, 3.63) is 59.4 Å². The zero-order valence-corrected chi connectivity index (χ0v) is 16.2. The Kier molecular flexibility index (Phi) is 5.43. The standard InChI is InChI=1S/C19H18N4O5S/c24-16(22-5-7-23(8-6-22)18(26)15-4-2-10-28-15)11-13-12-29-19(20-13)21-17(25)14-3-1-9-27-14/h1-4,9-10,12H,5-8,11H2,(H,20,21,25). The Hall–Kier alpha value is -3.40. The fourth-order valence-corrected chi connectivity index (χ4v) is 3.70. The minimum absolute atomic E-state index is 0.0655. The summed E-state index contributed by atoms with van der Waals surface area (Å²) in [6, 6.07) is 6.49. The molecule has 29 heavy (non-hydrogen) atoms. The number of carbonyl (C=O) groups excluding carboxylic acids is 3. The smallest absolute Gasteiger partial charge is 0.293 e. The van der Waals surface area contributed by atoms with Gasteiger partial charge in [-0.25, -0.2) is 4.98 Å². The number of anilines is 1. The molecule has 3 amide bonds. The Bertz CT molecular complexity index is 988. The highest BCUT2D eigenvalue weighted by Gasteiger charge is 2.26. The normalized spacial score (nSPS) is 14.1. The number of aromatic nitrogens is 1. The maximum absolute atomic E-state index is 12.6. The number of hydrogen-bond donors (Lipinski definition) is 1. The van der Waals surface area contributed by atoms with E-state index in [1.54, 1.807) is 39.4 Å². The van der Waals surface area contributed by atoms with Crippen LogP contribution in [0, 0.1) is 0 Å². The summed E-state index contributed by atoms with van der Waals surface area (Å²) in [5, 5.41) is 4.79. The van der Waals surface area contributed by atoms with Gasteiger partial charge in [-0.2, -0.15) is 0 Å². The van der Waals surface area contributed by atoms with Crippen LogP contribution < -0.4 is 5.32 Å². The molecule has 0 saturated carbocycles. The highest BCUT2D eigenvalue weighted by atomic mass is 32.1. The molecule has 10 heteroatoms. The van der Waals surface area contributed by atoms with E-state index in [4.69, 9.17) is 8.83 Å². The molecule has 0 aromatic carbocycles. The van der Waals surface area contributed by atoms with Crippen LogP contribution in [0.15, 0.2) is 51.0 Å². The minimum atomic E-state index is -0.389. The molecule has 4 heterocycles. The van der Waals surface area contributed by atoms with Gasteiger partial charge in [0.05, 0.1) is 24.6 Å². The number of furan rings is 2. The minimum Gasteiger partial charge on any atom is -0.459 e. The summed E-state index contributed by atoms with van der Waals surface area (Å²) in [6.45, 7) is 1.81. The third-order valence-electron chi connectivity index (χ3n) is 4.50. The molecule has 0 spiro atoms. The third kappa shape index (κ3) is 4.37. The van der Waals surface area contributed by atoms with Crippen molar-refractivity contribution < 1.29 is 23.2 Å². The number of nitrogens with zero attached hydrogens (tertiary/aromatic N) is 3. The molecule has 0 bridgehead atoms. The van der Waals surface area contributed by atoms with Crippen molar-refractivity contribution in [2.75, 3.05) is 31.5 Å². The third-order valence-corrected chi connectivity index (χ3v) is 5.31. The molecular formula is C19H18N4O5S. The lowest BCUT2D eigenvalue weighted by Crippen LogP contribution is -2.50. The number of piperazine rings is 1. The van der Waals surface area contributed by atoms with Crippen LogP contribution in [0.5, 0.6) is 0 Å². The highest BCUT2D eigenvalue weighted by molar-refractivity contribution is 7.14. The molecule has 0 unspecified atom stereocenters. The van der Waals surface area contributed by atoms with Crippen molar-refractivity contribution in [2.45, 2.75) is 6.42 Å². The molecule has 1 fully saturated rings. The number of nitrogens with one attached hydrogen (secondary N) is 1. The fraction of sp³-hybridized carbons (Fsp3) is 0.263. The van der Waals surface area contributed by atoms with Gasteiger partial charge >= 0.3 is 0 Å². The maximum Gasteiger partial charge on any atom is 0.293 e. The van der Waals surface area contributed by atoms with Crippen molar-refractivity contribution in [3.8, 4) is 0 Å². The summed E-state index contributed by atoms with van der Waals surface area (Å²) in [6.07, 6.45) is 3.02. The highest BCUT2D eigenvalue weighted by Crippen LogP contribution is 2.18.